The molecule has 1 aromatic heterocycles. The maximum absolute atomic E-state index is 8.96. The van der Waals surface area contributed by atoms with Gasteiger partial charge in [0.2, 0.25) is 15.7 Å². The molecule has 0 bridgehead atoms. The van der Waals surface area contributed by atoms with Crippen molar-refractivity contribution < 1.29 is 10.2 Å². The van der Waals surface area contributed by atoms with Crippen molar-refractivity contribution in [3.63, 3.8) is 0 Å². The topological polar surface area (TPSA) is 85.6 Å². The molecular formula is C10H16Cl3N5O2. The summed E-state index contributed by atoms with van der Waals surface area (Å²) in [7, 11) is 3.40. The number of hydrogen-bond acceptors (Lipinski definition) is 7. The Bertz CT molecular complexity index is 413. The first-order valence-corrected chi connectivity index (χ1v) is 6.90. The molecule has 0 amide bonds. The van der Waals surface area contributed by atoms with Crippen LogP contribution in [-0.4, -0.2) is 65.6 Å². The first-order chi connectivity index (χ1) is 9.29. The van der Waals surface area contributed by atoms with E-state index in [-0.39, 0.29) is 30.9 Å². The summed E-state index contributed by atoms with van der Waals surface area (Å²) in [5.41, 5.74) is 0. The zero-order valence-electron chi connectivity index (χ0n) is 11.1. The lowest BCUT2D eigenvalue weighted by Gasteiger charge is -2.22. The molecule has 0 saturated heterocycles. The summed E-state index contributed by atoms with van der Waals surface area (Å²) < 4.78 is -1.79. The molecule has 0 unspecified atom stereocenters. The number of rotatable bonds is 6. The predicted octanol–water partition coefficient (Wildman–Crippen LogP) is 0.555. The van der Waals surface area contributed by atoms with Gasteiger partial charge in [0.1, 0.15) is 0 Å². The van der Waals surface area contributed by atoms with Gasteiger partial charge >= 0.3 is 0 Å². The normalized spacial score (nSPS) is 11.6. The average molecular weight is 345 g/mol. The van der Waals surface area contributed by atoms with Crippen LogP contribution in [0.3, 0.4) is 0 Å². The number of halogens is 3. The second-order valence-corrected chi connectivity index (χ2v) is 6.33. The van der Waals surface area contributed by atoms with Crippen molar-refractivity contribution in [2.24, 2.45) is 0 Å². The lowest BCUT2D eigenvalue weighted by Crippen LogP contribution is -2.29. The Morgan fingerprint density at radius 3 is 1.60 bits per heavy atom. The van der Waals surface area contributed by atoms with Crippen LogP contribution >= 0.6 is 34.8 Å². The van der Waals surface area contributed by atoms with Crippen molar-refractivity contribution >= 4 is 46.7 Å². The number of aromatic nitrogens is 3. The summed E-state index contributed by atoms with van der Waals surface area (Å²) in [4.78, 5) is 15.6. The van der Waals surface area contributed by atoms with Crippen LogP contribution in [0.25, 0.3) is 0 Å². The Morgan fingerprint density at radius 2 is 1.30 bits per heavy atom. The maximum Gasteiger partial charge on any atom is 0.250 e. The van der Waals surface area contributed by atoms with Crippen LogP contribution in [-0.2, 0) is 3.79 Å². The van der Waals surface area contributed by atoms with Gasteiger partial charge in [-0.1, -0.05) is 34.8 Å². The molecule has 1 aromatic rings. The number of alkyl halides is 3. The largest absolute Gasteiger partial charge is 0.395 e. The van der Waals surface area contributed by atoms with Gasteiger partial charge in [0.05, 0.1) is 13.2 Å². The minimum absolute atomic E-state index is 0.0166. The van der Waals surface area contributed by atoms with Gasteiger partial charge in [0.25, 0.3) is 0 Å². The van der Waals surface area contributed by atoms with Crippen molar-refractivity contribution in [2.45, 2.75) is 3.79 Å². The molecule has 10 heteroatoms. The van der Waals surface area contributed by atoms with Gasteiger partial charge in [-0.15, -0.1) is 0 Å². The van der Waals surface area contributed by atoms with Crippen LogP contribution in [0.15, 0.2) is 0 Å². The fourth-order valence-electron chi connectivity index (χ4n) is 1.32. The third-order valence-corrected chi connectivity index (χ3v) is 2.93. The second-order valence-electron chi connectivity index (χ2n) is 4.05. The zero-order valence-corrected chi connectivity index (χ0v) is 13.4. The van der Waals surface area contributed by atoms with E-state index in [0.29, 0.717) is 13.1 Å². The van der Waals surface area contributed by atoms with Gasteiger partial charge in [0, 0.05) is 27.2 Å². The van der Waals surface area contributed by atoms with Gasteiger partial charge in [0.15, 0.2) is 5.82 Å². The van der Waals surface area contributed by atoms with Gasteiger partial charge in [-0.2, -0.15) is 15.0 Å². The highest BCUT2D eigenvalue weighted by Gasteiger charge is 2.29. The lowest BCUT2D eigenvalue weighted by atomic mass is 10.5. The molecule has 2 N–H and O–H groups in total. The molecule has 0 atom stereocenters. The molecule has 1 heterocycles. The highest BCUT2D eigenvalue weighted by atomic mass is 35.6. The molecule has 0 fully saturated rings. The molecule has 0 aliphatic heterocycles. The molecule has 0 saturated carbocycles. The number of anilines is 2. The number of aliphatic hydroxyl groups excluding tert-OH is 2. The number of hydrogen-bond donors (Lipinski definition) is 2. The van der Waals surface area contributed by atoms with Crippen LogP contribution < -0.4 is 9.80 Å². The third-order valence-electron chi connectivity index (χ3n) is 2.42. The highest BCUT2D eigenvalue weighted by Crippen LogP contribution is 2.36. The summed E-state index contributed by atoms with van der Waals surface area (Å²) in [5, 5.41) is 17.9. The van der Waals surface area contributed by atoms with E-state index in [1.54, 1.807) is 23.9 Å². The maximum atomic E-state index is 8.96. The van der Waals surface area contributed by atoms with E-state index in [1.165, 1.54) is 0 Å². The summed E-state index contributed by atoms with van der Waals surface area (Å²) in [6.45, 7) is 0.527. The van der Waals surface area contributed by atoms with E-state index < -0.39 is 3.79 Å². The standard InChI is InChI=1S/C10H16Cl3N5O2/c1-17(3-5-19)8-14-7(10(11,12)13)15-9(16-8)18(2)4-6-20/h19-20H,3-6H2,1-2H3. The molecule has 0 radical (unpaired) electrons. The van der Waals surface area contributed by atoms with Gasteiger partial charge in [-0.25, -0.2) is 0 Å². The van der Waals surface area contributed by atoms with Crippen molar-refractivity contribution in [1.82, 2.24) is 15.0 Å². The summed E-state index contributed by atoms with van der Waals surface area (Å²) in [5.74, 6) is 0.530. The van der Waals surface area contributed by atoms with Gasteiger partial charge < -0.3 is 20.0 Å². The van der Waals surface area contributed by atoms with E-state index in [4.69, 9.17) is 45.0 Å². The highest BCUT2D eigenvalue weighted by molar-refractivity contribution is 6.66. The Hall–Kier alpha value is -0.600. The van der Waals surface area contributed by atoms with Crippen LogP contribution in [0.1, 0.15) is 5.82 Å². The van der Waals surface area contributed by atoms with Crippen LogP contribution in [0.4, 0.5) is 11.9 Å². The van der Waals surface area contributed by atoms with Gasteiger partial charge in [-0.3, -0.25) is 0 Å². The van der Waals surface area contributed by atoms with Crippen LogP contribution in [0.5, 0.6) is 0 Å². The quantitative estimate of drug-likeness (QED) is 0.729. The second kappa shape index (κ2) is 7.42. The molecule has 0 aliphatic carbocycles. The number of likely N-dealkylation sites (N-methyl/N-ethyl adjacent to an activating group) is 2. The number of aliphatic hydroxyl groups is 2. The monoisotopic (exact) mass is 343 g/mol. The SMILES string of the molecule is CN(CCO)c1nc(N(C)CCO)nc(C(Cl)(Cl)Cl)n1. The molecule has 0 aliphatic rings. The Morgan fingerprint density at radius 1 is 0.900 bits per heavy atom. The molecule has 0 aromatic carbocycles. The molecular weight excluding hydrogens is 329 g/mol. The van der Waals surface area contributed by atoms with Crippen molar-refractivity contribution in [3.05, 3.63) is 5.82 Å². The Labute approximate surface area is 132 Å². The summed E-state index contributed by atoms with van der Waals surface area (Å²) in [6, 6.07) is 0. The van der Waals surface area contributed by atoms with E-state index in [2.05, 4.69) is 15.0 Å². The van der Waals surface area contributed by atoms with E-state index in [9.17, 15) is 0 Å². The van der Waals surface area contributed by atoms with Crippen molar-refractivity contribution in [2.75, 3.05) is 50.2 Å². The lowest BCUT2D eigenvalue weighted by molar-refractivity contribution is 0.303. The third kappa shape index (κ3) is 4.75. The Balaban J connectivity index is 3.21. The Kier molecular flexibility index (Phi) is 6.47. The average Bonchev–Trinajstić information content (AvgIpc) is 2.37. The summed E-state index contributed by atoms with van der Waals surface area (Å²) in [6.07, 6.45) is 0. The summed E-state index contributed by atoms with van der Waals surface area (Å²) >= 11 is 17.4. The van der Waals surface area contributed by atoms with E-state index in [1.807, 2.05) is 0 Å². The molecule has 114 valence electrons. The minimum atomic E-state index is -1.79. The first-order valence-electron chi connectivity index (χ1n) is 5.77. The zero-order chi connectivity index (χ0) is 15.3. The molecule has 7 nitrogen and oxygen atoms in total. The molecule has 20 heavy (non-hydrogen) atoms. The fourth-order valence-corrected chi connectivity index (χ4v) is 1.58. The molecule has 0 spiro atoms. The minimum Gasteiger partial charge on any atom is -0.395 e. The first kappa shape index (κ1) is 17.5. The predicted molar refractivity (Wildman–Crippen MR) is 79.8 cm³/mol. The van der Waals surface area contributed by atoms with Crippen LogP contribution in [0.2, 0.25) is 0 Å². The van der Waals surface area contributed by atoms with Crippen molar-refractivity contribution in [1.29, 1.82) is 0 Å². The van der Waals surface area contributed by atoms with Crippen molar-refractivity contribution in [3.8, 4) is 0 Å². The molecule has 1 rings (SSSR count). The van der Waals surface area contributed by atoms with E-state index in [0.717, 1.165) is 0 Å². The van der Waals surface area contributed by atoms with Crippen LogP contribution in [0, 0.1) is 0 Å². The smallest absolute Gasteiger partial charge is 0.250 e. The van der Waals surface area contributed by atoms with Gasteiger partial charge in [-0.05, 0) is 0 Å². The fraction of sp³-hybridized carbons (Fsp3) is 0.700. The van der Waals surface area contributed by atoms with E-state index >= 15 is 0 Å². The number of nitrogens with zero attached hydrogens (tertiary/aromatic N) is 5.